The van der Waals surface area contributed by atoms with Gasteiger partial charge in [-0.2, -0.15) is 0 Å². The van der Waals surface area contributed by atoms with Crippen LogP contribution >= 0.6 is 46.4 Å². The fourth-order valence-corrected chi connectivity index (χ4v) is 7.57. The maximum atomic E-state index is 13.5. The molecule has 0 spiro atoms. The largest absolute Gasteiger partial charge is 0.481 e. The number of fused-ring (bicyclic) bond motifs is 2. The molecule has 0 aliphatic carbocycles. The van der Waals surface area contributed by atoms with Crippen LogP contribution in [0, 0.1) is 0 Å². The molecule has 220 valence electrons. The monoisotopic (exact) mass is 670 g/mol. The molecule has 7 rings (SSSR count). The summed E-state index contributed by atoms with van der Waals surface area (Å²) in [4.78, 5) is 78.3. The Labute approximate surface area is 265 Å². The molecule has 0 saturated carbocycles. The predicted molar refractivity (Wildman–Crippen MR) is 163 cm³/mol. The average Bonchev–Trinajstić information content (AvgIpc) is 2.95. The normalized spacial score (nSPS) is 14.7. The van der Waals surface area contributed by atoms with Gasteiger partial charge in [0.1, 0.15) is 0 Å². The first kappa shape index (κ1) is 28.5. The van der Waals surface area contributed by atoms with Crippen LogP contribution in [-0.2, 0) is 9.59 Å². The second-order valence-corrected chi connectivity index (χ2v) is 12.1. The first-order chi connectivity index (χ1) is 20.8. The summed E-state index contributed by atoms with van der Waals surface area (Å²) in [5.74, 6) is -5.35. The number of carboxylic acid groups (broad SMARTS) is 2. The number of benzene rings is 5. The molecule has 10 nitrogen and oxygen atoms in total. The highest BCUT2D eigenvalue weighted by Crippen LogP contribution is 2.53. The standard InChI is InChI=1S/C30H14Cl4N2O8/c31-13-5-9-19-10(28(42)35(27(9)41)3-1-17(37)38)6-14(32)22-24-16(34)8-12-20-11(29(43)36(30(12)44)4-2-18(39)40)7-15(33)23(26(20)24)21(13)25(19)22/h5-8H,1-4H2,(H,37,38)(H,39,40). The minimum atomic E-state index is -1.19. The molecule has 0 fully saturated rings. The van der Waals surface area contributed by atoms with Crippen LogP contribution in [0.2, 0.25) is 20.1 Å². The molecule has 14 heteroatoms. The number of imide groups is 2. The lowest BCUT2D eigenvalue weighted by Gasteiger charge is -2.31. The van der Waals surface area contributed by atoms with E-state index in [0.717, 1.165) is 9.80 Å². The molecule has 0 aromatic heterocycles. The van der Waals surface area contributed by atoms with E-state index in [0.29, 0.717) is 32.3 Å². The number of halogens is 4. The van der Waals surface area contributed by atoms with Gasteiger partial charge >= 0.3 is 11.9 Å². The van der Waals surface area contributed by atoms with Crippen molar-refractivity contribution in [3.05, 3.63) is 66.6 Å². The van der Waals surface area contributed by atoms with E-state index in [2.05, 4.69) is 0 Å². The van der Waals surface area contributed by atoms with Crippen LogP contribution < -0.4 is 0 Å². The third-order valence-electron chi connectivity index (χ3n) is 8.12. The van der Waals surface area contributed by atoms with E-state index in [9.17, 15) is 28.8 Å². The molecule has 2 aliphatic heterocycles. The number of carbonyl (C=O) groups excluding carboxylic acids is 4. The number of amides is 4. The number of carboxylic acids is 2. The van der Waals surface area contributed by atoms with Crippen LogP contribution in [0.25, 0.3) is 43.1 Å². The van der Waals surface area contributed by atoms with Crippen molar-refractivity contribution in [2.24, 2.45) is 0 Å². The first-order valence-corrected chi connectivity index (χ1v) is 14.5. The molecular formula is C30H14Cl4N2O8. The van der Waals surface area contributed by atoms with Crippen LogP contribution in [0.15, 0.2) is 24.3 Å². The van der Waals surface area contributed by atoms with Gasteiger partial charge in [0.2, 0.25) is 0 Å². The van der Waals surface area contributed by atoms with Gasteiger partial charge in [-0.25, -0.2) is 0 Å². The highest BCUT2D eigenvalue weighted by molar-refractivity contribution is 6.56. The van der Waals surface area contributed by atoms with Crippen LogP contribution in [0.5, 0.6) is 0 Å². The molecule has 2 heterocycles. The zero-order chi connectivity index (χ0) is 31.5. The van der Waals surface area contributed by atoms with E-state index >= 15 is 0 Å². The average molecular weight is 672 g/mol. The van der Waals surface area contributed by atoms with E-state index in [-0.39, 0.29) is 66.2 Å². The topological polar surface area (TPSA) is 149 Å². The molecule has 0 bridgehead atoms. The van der Waals surface area contributed by atoms with Crippen molar-refractivity contribution in [2.75, 3.05) is 13.1 Å². The number of nitrogens with zero attached hydrogens (tertiary/aromatic N) is 2. The smallest absolute Gasteiger partial charge is 0.305 e. The van der Waals surface area contributed by atoms with E-state index in [1.165, 1.54) is 24.3 Å². The Hall–Kier alpha value is -4.22. The second-order valence-electron chi connectivity index (χ2n) is 10.4. The molecule has 5 aromatic carbocycles. The SMILES string of the molecule is O=C(O)CCN1C(=O)c2cc(Cl)c3c4c(Cl)cc5c6c(cc(Cl)c(c7c(Cl)cc(c2c37)C1=O)c64)C(=O)N(CCC(=O)O)C5=O. The Balaban J connectivity index is 1.63. The Morgan fingerprint density at radius 3 is 0.955 bits per heavy atom. The highest BCUT2D eigenvalue weighted by Gasteiger charge is 2.39. The van der Waals surface area contributed by atoms with Gasteiger partial charge in [-0.3, -0.25) is 38.6 Å². The summed E-state index contributed by atoms with van der Waals surface area (Å²) < 4.78 is 0. The summed E-state index contributed by atoms with van der Waals surface area (Å²) in [5, 5.41) is 20.8. The summed E-state index contributed by atoms with van der Waals surface area (Å²) in [7, 11) is 0. The van der Waals surface area contributed by atoms with E-state index < -0.39 is 48.4 Å². The summed E-state index contributed by atoms with van der Waals surface area (Å²) in [6.07, 6.45) is -0.936. The fraction of sp³-hybridized carbons (Fsp3) is 0.133. The molecule has 4 amide bonds. The summed E-state index contributed by atoms with van der Waals surface area (Å²) >= 11 is 27.4. The number of aliphatic carboxylic acids is 2. The lowest BCUT2D eigenvalue weighted by molar-refractivity contribution is -0.138. The van der Waals surface area contributed by atoms with Crippen LogP contribution in [0.4, 0.5) is 0 Å². The van der Waals surface area contributed by atoms with Gasteiger partial charge in [-0.1, -0.05) is 46.4 Å². The number of rotatable bonds is 6. The molecule has 5 aromatic rings. The number of carbonyl (C=O) groups is 6. The Morgan fingerprint density at radius 2 is 0.727 bits per heavy atom. The van der Waals surface area contributed by atoms with Gasteiger partial charge in [-0.05, 0) is 24.3 Å². The number of hydrogen-bond donors (Lipinski definition) is 2. The Bertz CT molecular complexity index is 1990. The molecule has 2 aliphatic rings. The minimum absolute atomic E-state index is 0.0452. The van der Waals surface area contributed by atoms with Crippen LogP contribution in [0.1, 0.15) is 54.3 Å². The van der Waals surface area contributed by atoms with Gasteiger partial charge in [0, 0.05) is 76.3 Å². The van der Waals surface area contributed by atoms with Crippen molar-refractivity contribution in [3.8, 4) is 0 Å². The van der Waals surface area contributed by atoms with E-state index in [4.69, 9.17) is 56.6 Å². The van der Waals surface area contributed by atoms with Crippen molar-refractivity contribution in [2.45, 2.75) is 12.8 Å². The lowest BCUT2D eigenvalue weighted by atomic mass is 9.82. The van der Waals surface area contributed by atoms with Crippen molar-refractivity contribution in [1.29, 1.82) is 0 Å². The summed E-state index contributed by atoms with van der Waals surface area (Å²) in [6.45, 7) is -0.743. The van der Waals surface area contributed by atoms with Crippen molar-refractivity contribution in [1.82, 2.24) is 9.80 Å². The maximum Gasteiger partial charge on any atom is 0.305 e. The summed E-state index contributed by atoms with van der Waals surface area (Å²) in [5.41, 5.74) is 0.194. The zero-order valence-corrected chi connectivity index (χ0v) is 24.9. The highest BCUT2D eigenvalue weighted by atomic mass is 35.5. The van der Waals surface area contributed by atoms with E-state index in [1.54, 1.807) is 0 Å². The fourth-order valence-electron chi connectivity index (χ4n) is 6.38. The quantitative estimate of drug-likeness (QED) is 0.118. The van der Waals surface area contributed by atoms with Crippen LogP contribution in [0.3, 0.4) is 0 Å². The summed E-state index contributed by atoms with van der Waals surface area (Å²) in [6, 6.07) is 5.47. The van der Waals surface area contributed by atoms with E-state index in [1.807, 2.05) is 0 Å². The lowest BCUT2D eigenvalue weighted by Crippen LogP contribution is -2.41. The number of hydrogen-bond acceptors (Lipinski definition) is 6. The molecule has 44 heavy (non-hydrogen) atoms. The zero-order valence-electron chi connectivity index (χ0n) is 21.9. The van der Waals surface area contributed by atoms with Crippen molar-refractivity contribution in [3.63, 3.8) is 0 Å². The molecule has 0 radical (unpaired) electrons. The Morgan fingerprint density at radius 1 is 0.477 bits per heavy atom. The third-order valence-corrected chi connectivity index (χ3v) is 9.31. The molecule has 2 N–H and O–H groups in total. The van der Waals surface area contributed by atoms with Gasteiger partial charge in [0.05, 0.1) is 35.1 Å². The second kappa shape index (κ2) is 9.64. The maximum absolute atomic E-state index is 13.5. The molecular weight excluding hydrogens is 658 g/mol. The minimum Gasteiger partial charge on any atom is -0.481 e. The predicted octanol–water partition coefficient (Wildman–Crippen LogP) is 6.49. The van der Waals surface area contributed by atoms with Gasteiger partial charge in [0.25, 0.3) is 23.6 Å². The van der Waals surface area contributed by atoms with Crippen molar-refractivity contribution < 1.29 is 39.0 Å². The molecule has 0 atom stereocenters. The van der Waals surface area contributed by atoms with Gasteiger partial charge < -0.3 is 10.2 Å². The molecule has 0 saturated heterocycles. The molecule has 0 unspecified atom stereocenters. The van der Waals surface area contributed by atoms with Crippen LogP contribution in [-0.4, -0.2) is 68.7 Å². The first-order valence-electron chi connectivity index (χ1n) is 13.0. The Kier molecular flexibility index (Phi) is 6.25. The van der Waals surface area contributed by atoms with Gasteiger partial charge in [0.15, 0.2) is 0 Å². The van der Waals surface area contributed by atoms with Gasteiger partial charge in [-0.15, -0.1) is 0 Å². The van der Waals surface area contributed by atoms with Crippen molar-refractivity contribution >= 4 is 125 Å². The third kappa shape index (κ3) is 3.68.